The maximum Gasteiger partial charge on any atom is 0.260 e. The smallest absolute Gasteiger partial charge is 0.260 e. The quantitative estimate of drug-likeness (QED) is 0.731. The fourth-order valence-electron chi connectivity index (χ4n) is 2.88. The molecule has 0 radical (unpaired) electrons. The van der Waals surface area contributed by atoms with Gasteiger partial charge in [0.15, 0.2) is 6.10 Å². The Hall–Kier alpha value is -1.35. The van der Waals surface area contributed by atoms with Crippen LogP contribution >= 0.6 is 11.6 Å². The zero-order valence-corrected chi connectivity index (χ0v) is 17.6. The highest BCUT2D eigenvalue weighted by Crippen LogP contribution is 2.22. The van der Waals surface area contributed by atoms with E-state index in [1.165, 1.54) is 4.31 Å². The van der Waals surface area contributed by atoms with Crippen molar-refractivity contribution in [1.29, 1.82) is 0 Å². The first-order valence-electron chi connectivity index (χ1n) is 8.92. The molecule has 1 N–H and O–H groups in total. The van der Waals surface area contributed by atoms with Crippen molar-refractivity contribution >= 4 is 27.5 Å². The van der Waals surface area contributed by atoms with Crippen LogP contribution in [-0.2, 0) is 19.6 Å². The molecule has 1 amide bonds. The van der Waals surface area contributed by atoms with E-state index in [1.807, 2.05) is 20.8 Å². The molecule has 1 aromatic rings. The van der Waals surface area contributed by atoms with Crippen LogP contribution in [0.2, 0.25) is 5.02 Å². The van der Waals surface area contributed by atoms with Gasteiger partial charge in [-0.25, -0.2) is 8.42 Å². The zero-order chi connectivity index (χ0) is 20.2. The van der Waals surface area contributed by atoms with Crippen LogP contribution in [0, 0.1) is 6.92 Å². The first kappa shape index (κ1) is 21.9. The predicted octanol–water partition coefficient (Wildman–Crippen LogP) is 1.97. The van der Waals surface area contributed by atoms with Crippen molar-refractivity contribution < 1.29 is 22.7 Å². The van der Waals surface area contributed by atoms with Crippen molar-refractivity contribution in [3.63, 3.8) is 0 Å². The number of nitrogens with zero attached hydrogens (tertiary/aromatic N) is 1. The molecular formula is C18H27ClN2O5S. The number of morpholine rings is 1. The Labute approximate surface area is 166 Å². The van der Waals surface area contributed by atoms with Crippen molar-refractivity contribution in [3.8, 4) is 5.75 Å². The summed E-state index contributed by atoms with van der Waals surface area (Å²) in [5, 5.41) is 3.24. The summed E-state index contributed by atoms with van der Waals surface area (Å²) in [6.07, 6.45) is -1.04. The summed E-state index contributed by atoms with van der Waals surface area (Å²) in [4.78, 5) is 12.2. The molecule has 0 aliphatic carbocycles. The summed E-state index contributed by atoms with van der Waals surface area (Å²) in [5.74, 6) is -0.00436. The molecule has 1 fully saturated rings. The highest BCUT2D eigenvalue weighted by atomic mass is 35.5. The number of benzene rings is 1. The average Bonchev–Trinajstić information content (AvgIpc) is 2.57. The minimum atomic E-state index is -3.46. The van der Waals surface area contributed by atoms with Crippen LogP contribution in [0.3, 0.4) is 0 Å². The Kier molecular flexibility index (Phi) is 7.50. The largest absolute Gasteiger partial charge is 0.481 e. The fourth-order valence-corrected chi connectivity index (χ4v) is 4.49. The minimum absolute atomic E-state index is 0.0225. The van der Waals surface area contributed by atoms with Crippen LogP contribution in [0.4, 0.5) is 0 Å². The van der Waals surface area contributed by atoms with Gasteiger partial charge in [0.05, 0.1) is 18.0 Å². The molecule has 2 rings (SSSR count). The van der Waals surface area contributed by atoms with E-state index < -0.39 is 16.1 Å². The highest BCUT2D eigenvalue weighted by Gasteiger charge is 2.30. The van der Waals surface area contributed by atoms with E-state index in [9.17, 15) is 13.2 Å². The molecule has 1 aromatic carbocycles. The second-order valence-corrected chi connectivity index (χ2v) is 9.35. The SMILES string of the molecule is Cc1cc(OC(C)C(=O)NCCS(=O)(=O)N2CC(C)OC(C)C2)ccc1Cl. The molecule has 1 aliphatic rings. The lowest BCUT2D eigenvalue weighted by molar-refractivity contribution is -0.127. The predicted molar refractivity (Wildman–Crippen MR) is 105 cm³/mol. The molecule has 3 atom stereocenters. The van der Waals surface area contributed by atoms with E-state index >= 15 is 0 Å². The second kappa shape index (κ2) is 9.23. The van der Waals surface area contributed by atoms with E-state index in [-0.39, 0.29) is 30.4 Å². The van der Waals surface area contributed by atoms with Crippen molar-refractivity contribution in [3.05, 3.63) is 28.8 Å². The Morgan fingerprint density at radius 2 is 2.00 bits per heavy atom. The summed E-state index contributed by atoms with van der Waals surface area (Å²) in [7, 11) is -3.46. The Bertz CT molecular complexity index is 761. The van der Waals surface area contributed by atoms with Crippen LogP contribution in [-0.4, -0.2) is 62.3 Å². The second-order valence-electron chi connectivity index (χ2n) is 6.85. The normalized spacial score (nSPS) is 22.3. The number of ether oxygens (including phenoxy) is 2. The first-order chi connectivity index (χ1) is 12.6. The topological polar surface area (TPSA) is 84.9 Å². The molecule has 0 bridgehead atoms. The lowest BCUT2D eigenvalue weighted by Gasteiger charge is -2.34. The molecule has 0 aromatic heterocycles. The van der Waals surface area contributed by atoms with Gasteiger partial charge in [0.2, 0.25) is 10.0 Å². The molecular weight excluding hydrogens is 392 g/mol. The third-order valence-corrected chi connectivity index (χ3v) is 6.48. The Morgan fingerprint density at radius 1 is 1.37 bits per heavy atom. The third-order valence-electron chi connectivity index (χ3n) is 4.25. The van der Waals surface area contributed by atoms with Crippen molar-refractivity contribution in [2.24, 2.45) is 0 Å². The molecule has 7 nitrogen and oxygen atoms in total. The third kappa shape index (κ3) is 6.34. The summed E-state index contributed by atoms with van der Waals surface area (Å²) < 4.78 is 37.5. The average molecular weight is 419 g/mol. The van der Waals surface area contributed by atoms with Crippen molar-refractivity contribution in [2.75, 3.05) is 25.4 Å². The van der Waals surface area contributed by atoms with Crippen molar-refractivity contribution in [2.45, 2.75) is 46.0 Å². The molecule has 3 unspecified atom stereocenters. The number of sulfonamides is 1. The number of hydrogen-bond acceptors (Lipinski definition) is 5. The number of halogens is 1. The Balaban J connectivity index is 1.82. The maximum atomic E-state index is 12.5. The van der Waals surface area contributed by atoms with Crippen LogP contribution in [0.5, 0.6) is 5.75 Å². The van der Waals surface area contributed by atoms with Crippen molar-refractivity contribution in [1.82, 2.24) is 9.62 Å². The lowest BCUT2D eigenvalue weighted by atomic mass is 10.2. The number of hydrogen-bond donors (Lipinski definition) is 1. The first-order valence-corrected chi connectivity index (χ1v) is 10.9. The van der Waals surface area contributed by atoms with Gasteiger partial charge >= 0.3 is 0 Å². The zero-order valence-electron chi connectivity index (χ0n) is 16.1. The van der Waals surface area contributed by atoms with Crippen LogP contribution in [0.15, 0.2) is 18.2 Å². The van der Waals surface area contributed by atoms with Gasteiger partial charge < -0.3 is 14.8 Å². The molecule has 27 heavy (non-hydrogen) atoms. The molecule has 1 saturated heterocycles. The molecule has 1 aliphatic heterocycles. The van der Waals surface area contributed by atoms with Crippen LogP contribution in [0.1, 0.15) is 26.3 Å². The standard InChI is InChI=1S/C18H27ClN2O5S/c1-12-9-16(5-6-17(12)19)26-15(4)18(22)20-7-8-27(23,24)21-10-13(2)25-14(3)11-21/h5-6,9,13-15H,7-8,10-11H2,1-4H3,(H,20,22). The van der Waals surface area contributed by atoms with Gasteiger partial charge in [0.1, 0.15) is 5.75 Å². The molecule has 1 heterocycles. The highest BCUT2D eigenvalue weighted by molar-refractivity contribution is 7.89. The lowest BCUT2D eigenvalue weighted by Crippen LogP contribution is -2.50. The van der Waals surface area contributed by atoms with Crippen LogP contribution in [0.25, 0.3) is 0 Å². The number of aryl methyl sites for hydroxylation is 1. The molecule has 0 saturated carbocycles. The number of amides is 1. The van der Waals surface area contributed by atoms with Gasteiger partial charge in [-0.1, -0.05) is 11.6 Å². The van der Waals surface area contributed by atoms with Gasteiger partial charge in [-0.15, -0.1) is 0 Å². The number of carbonyl (C=O) groups excluding carboxylic acids is 1. The van der Waals surface area contributed by atoms with E-state index in [0.717, 1.165) is 5.56 Å². The molecule has 152 valence electrons. The summed E-state index contributed by atoms with van der Waals surface area (Å²) in [6.45, 7) is 7.83. The van der Waals surface area contributed by atoms with E-state index in [1.54, 1.807) is 25.1 Å². The maximum absolute atomic E-state index is 12.5. The number of nitrogens with one attached hydrogen (secondary N) is 1. The summed E-state index contributed by atoms with van der Waals surface area (Å²) in [6, 6.07) is 5.13. The Morgan fingerprint density at radius 3 is 2.59 bits per heavy atom. The van der Waals surface area contributed by atoms with Gasteiger partial charge in [0, 0.05) is 24.7 Å². The molecule has 0 spiro atoms. The van der Waals surface area contributed by atoms with Gasteiger partial charge in [0.25, 0.3) is 5.91 Å². The minimum Gasteiger partial charge on any atom is -0.481 e. The number of carbonyl (C=O) groups is 1. The fraction of sp³-hybridized carbons (Fsp3) is 0.611. The summed E-state index contributed by atoms with van der Waals surface area (Å²) >= 11 is 5.97. The van der Waals surface area contributed by atoms with E-state index in [2.05, 4.69) is 5.32 Å². The molecule has 9 heteroatoms. The summed E-state index contributed by atoms with van der Waals surface area (Å²) in [5.41, 5.74) is 0.849. The van der Waals surface area contributed by atoms with Gasteiger partial charge in [-0.3, -0.25) is 4.79 Å². The van der Waals surface area contributed by atoms with Gasteiger partial charge in [-0.2, -0.15) is 4.31 Å². The van der Waals surface area contributed by atoms with E-state index in [0.29, 0.717) is 23.9 Å². The monoisotopic (exact) mass is 418 g/mol. The number of rotatable bonds is 7. The van der Waals surface area contributed by atoms with Gasteiger partial charge in [-0.05, 0) is 51.5 Å². The van der Waals surface area contributed by atoms with E-state index in [4.69, 9.17) is 21.1 Å². The van der Waals surface area contributed by atoms with Crippen LogP contribution < -0.4 is 10.1 Å².